The number of hydrogen-bond acceptors (Lipinski definition) is 5. The topological polar surface area (TPSA) is 97.3 Å². The first-order valence-electron chi connectivity index (χ1n) is 13.9. The lowest BCUT2D eigenvalue weighted by molar-refractivity contribution is -0.439. The number of nitrogens with zero attached hydrogens (tertiary/aromatic N) is 1. The van der Waals surface area contributed by atoms with Crippen molar-refractivity contribution in [3.05, 3.63) is 54.1 Å². The number of carbonyl (C=O) groups is 2. The zero-order chi connectivity index (χ0) is 40.1. The van der Waals surface area contributed by atoms with Crippen LogP contribution in [-0.4, -0.2) is 96.6 Å². The molecule has 1 atom stereocenters. The smallest absolute Gasteiger partial charge is 0.492 e. The average molecular weight is 788 g/mol. The van der Waals surface area contributed by atoms with Gasteiger partial charge in [0, 0.05) is 13.0 Å². The summed E-state index contributed by atoms with van der Waals surface area (Å²) in [6, 6.07) is 5.52. The number of amides is 2. The van der Waals surface area contributed by atoms with E-state index < -0.39 is 96.3 Å². The fourth-order valence-corrected chi connectivity index (χ4v) is 4.00. The number of urea groups is 1. The van der Waals surface area contributed by atoms with Crippen LogP contribution in [0.3, 0.4) is 0 Å². The third-order valence-electron chi connectivity index (χ3n) is 6.65. The number of anilines is 1. The third kappa shape index (κ3) is 9.73. The molecule has 0 heterocycles. The molecule has 0 bridgehead atoms. The van der Waals surface area contributed by atoms with Crippen LogP contribution in [0.4, 0.5) is 80.7 Å². The first-order chi connectivity index (χ1) is 23.5. The fraction of sp³-hybridized carbons (Fsp3) is 0.500. The second-order valence-corrected chi connectivity index (χ2v) is 10.4. The highest BCUT2D eigenvalue weighted by Gasteiger charge is 2.90. The van der Waals surface area contributed by atoms with Crippen molar-refractivity contribution in [2.75, 3.05) is 31.6 Å². The second-order valence-electron chi connectivity index (χ2n) is 10.4. The molecular weight excluding hydrogens is 764 g/mol. The van der Waals surface area contributed by atoms with Crippen LogP contribution in [0.1, 0.15) is 12.5 Å². The Kier molecular flexibility index (Phi) is 13.2. The number of hydrogen-bond donors (Lipinski definition) is 2. The van der Waals surface area contributed by atoms with Gasteiger partial charge in [0.25, 0.3) is 0 Å². The SMILES string of the molecule is CCOC(Cc1ccc(OCCN(CC(F)(F)C(F)(F)C(F)(F)C(F)(F)C(F)(F)C(F)(F)F)C(=O)Nc2ccccc2OC(F)(F)F)cc1)C(=O)O. The summed E-state index contributed by atoms with van der Waals surface area (Å²) in [5.74, 6) is -41.7. The van der Waals surface area contributed by atoms with Gasteiger partial charge in [-0.15, -0.1) is 13.2 Å². The third-order valence-corrected chi connectivity index (χ3v) is 6.65. The molecule has 0 aromatic heterocycles. The molecule has 0 aliphatic heterocycles. The van der Waals surface area contributed by atoms with Crippen LogP contribution >= 0.6 is 0 Å². The average Bonchev–Trinajstić information content (AvgIpc) is 3.00. The highest BCUT2D eigenvalue weighted by Crippen LogP contribution is 2.60. The number of benzene rings is 2. The predicted molar refractivity (Wildman–Crippen MR) is 143 cm³/mol. The number of alkyl halides is 16. The van der Waals surface area contributed by atoms with Crippen LogP contribution in [0, 0.1) is 0 Å². The Hall–Kier alpha value is -4.38. The molecule has 0 saturated carbocycles. The van der Waals surface area contributed by atoms with E-state index in [0.29, 0.717) is 17.7 Å². The minimum atomic E-state index is -8.21. The fourth-order valence-electron chi connectivity index (χ4n) is 4.00. The van der Waals surface area contributed by atoms with E-state index in [1.165, 1.54) is 24.4 Å². The van der Waals surface area contributed by atoms with Gasteiger partial charge in [0.2, 0.25) is 0 Å². The van der Waals surface area contributed by atoms with E-state index in [-0.39, 0.29) is 18.8 Å². The molecule has 2 rings (SSSR count). The van der Waals surface area contributed by atoms with Gasteiger partial charge in [0.15, 0.2) is 11.9 Å². The van der Waals surface area contributed by atoms with E-state index in [4.69, 9.17) is 9.47 Å². The Morgan fingerprint density at radius 3 is 1.81 bits per heavy atom. The van der Waals surface area contributed by atoms with Crippen molar-refractivity contribution in [2.45, 2.75) is 61.6 Å². The maximum atomic E-state index is 14.8. The zero-order valence-electron chi connectivity index (χ0n) is 25.7. The first kappa shape index (κ1) is 43.8. The summed E-state index contributed by atoms with van der Waals surface area (Å²) in [5.41, 5.74) is -0.709. The second kappa shape index (κ2) is 15.7. The number of carboxylic acids is 1. The largest absolute Gasteiger partial charge is 0.573 e. The molecule has 24 heteroatoms. The lowest BCUT2D eigenvalue weighted by atomic mass is 9.93. The number of ether oxygens (including phenoxy) is 3. The molecule has 0 aliphatic rings. The molecule has 2 aromatic rings. The number of aliphatic carboxylic acids is 1. The van der Waals surface area contributed by atoms with Gasteiger partial charge >= 0.3 is 54.2 Å². The van der Waals surface area contributed by atoms with Crippen molar-refractivity contribution in [2.24, 2.45) is 0 Å². The summed E-state index contributed by atoms with van der Waals surface area (Å²) >= 11 is 0. The van der Waals surface area contributed by atoms with E-state index in [1.807, 2.05) is 0 Å². The Labute approximate surface area is 281 Å². The van der Waals surface area contributed by atoms with Gasteiger partial charge < -0.3 is 29.5 Å². The van der Waals surface area contributed by atoms with Crippen LogP contribution < -0.4 is 14.8 Å². The molecule has 8 nitrogen and oxygen atoms in total. The summed E-state index contributed by atoms with van der Waals surface area (Å²) in [4.78, 5) is 23.5. The Bertz CT molecular complexity index is 1520. The van der Waals surface area contributed by atoms with Crippen molar-refractivity contribution < 1.29 is 99.2 Å². The zero-order valence-corrected chi connectivity index (χ0v) is 25.7. The minimum Gasteiger partial charge on any atom is -0.492 e. The number of para-hydroxylation sites is 2. The van der Waals surface area contributed by atoms with Crippen LogP contribution in [0.5, 0.6) is 11.5 Å². The standard InChI is InChI=1S/C28H24F16N2O6/c1-2-50-19(20(47)48)13-15-7-9-16(10-8-15)51-12-11-46(21(49)45-17-5-3-4-6-18(17)52-28(42,43)44)14-22(29,30)23(31,32)24(33,34)25(35,36)26(37,38)27(39,40)41/h3-10,19H,2,11-14H2,1H3,(H,45,49)(H,47,48). The number of halogens is 16. The number of nitrogens with one attached hydrogen (secondary N) is 1. The maximum absolute atomic E-state index is 14.8. The summed E-state index contributed by atoms with van der Waals surface area (Å²) in [6.07, 6.45) is -14.6. The molecule has 2 N–H and O–H groups in total. The summed E-state index contributed by atoms with van der Waals surface area (Å²) in [6.45, 7) is -4.17. The van der Waals surface area contributed by atoms with Gasteiger partial charge in [-0.3, -0.25) is 0 Å². The van der Waals surface area contributed by atoms with Crippen molar-refractivity contribution in [1.29, 1.82) is 0 Å². The highest BCUT2D eigenvalue weighted by atomic mass is 19.4. The number of carbonyl (C=O) groups excluding carboxylic acids is 1. The van der Waals surface area contributed by atoms with E-state index in [0.717, 1.165) is 24.3 Å². The van der Waals surface area contributed by atoms with Gasteiger partial charge in [-0.2, -0.15) is 57.1 Å². The van der Waals surface area contributed by atoms with Crippen molar-refractivity contribution >= 4 is 17.7 Å². The summed E-state index contributed by atoms with van der Waals surface area (Å²) in [5, 5.41) is 10.7. The minimum absolute atomic E-state index is 0.0221. The molecule has 0 aliphatic carbocycles. The molecule has 0 saturated heterocycles. The molecule has 2 aromatic carbocycles. The van der Waals surface area contributed by atoms with Gasteiger partial charge in [-0.1, -0.05) is 24.3 Å². The molecule has 0 spiro atoms. The summed E-state index contributed by atoms with van der Waals surface area (Å²) in [7, 11) is 0. The number of carboxylic acid groups (broad SMARTS) is 1. The normalized spacial score (nSPS) is 14.1. The van der Waals surface area contributed by atoms with Crippen molar-refractivity contribution in [1.82, 2.24) is 4.90 Å². The quantitative estimate of drug-likeness (QED) is 0.157. The van der Waals surface area contributed by atoms with Gasteiger partial charge in [-0.05, 0) is 36.8 Å². The van der Waals surface area contributed by atoms with Crippen molar-refractivity contribution in [3.63, 3.8) is 0 Å². The lowest BCUT2D eigenvalue weighted by Crippen LogP contribution is -2.71. The van der Waals surface area contributed by atoms with Gasteiger partial charge in [0.1, 0.15) is 12.4 Å². The van der Waals surface area contributed by atoms with Crippen LogP contribution in [-0.2, 0) is 16.0 Å². The van der Waals surface area contributed by atoms with Gasteiger partial charge in [0.05, 0.1) is 18.8 Å². The molecule has 0 fully saturated rings. The lowest BCUT2D eigenvalue weighted by Gasteiger charge is -2.40. The Morgan fingerprint density at radius 2 is 1.31 bits per heavy atom. The predicted octanol–water partition coefficient (Wildman–Crippen LogP) is 8.27. The van der Waals surface area contributed by atoms with Crippen LogP contribution in [0.25, 0.3) is 0 Å². The molecule has 294 valence electrons. The van der Waals surface area contributed by atoms with Crippen molar-refractivity contribution in [3.8, 4) is 11.5 Å². The van der Waals surface area contributed by atoms with Gasteiger partial charge in [-0.25, -0.2) is 9.59 Å². The molecule has 2 amide bonds. The van der Waals surface area contributed by atoms with E-state index in [1.54, 1.807) is 0 Å². The molecule has 52 heavy (non-hydrogen) atoms. The first-order valence-corrected chi connectivity index (χ1v) is 13.9. The molecule has 1 unspecified atom stereocenters. The van der Waals surface area contributed by atoms with Crippen LogP contribution in [0.15, 0.2) is 48.5 Å². The van der Waals surface area contributed by atoms with E-state index >= 15 is 0 Å². The van der Waals surface area contributed by atoms with E-state index in [9.17, 15) is 84.9 Å². The summed E-state index contributed by atoms with van der Waals surface area (Å²) < 4.78 is 230. The molecule has 0 radical (unpaired) electrons. The highest BCUT2D eigenvalue weighted by molar-refractivity contribution is 5.91. The molecular formula is C28H24F16N2O6. The monoisotopic (exact) mass is 788 g/mol. The Balaban J connectivity index is 2.43. The van der Waals surface area contributed by atoms with E-state index in [2.05, 4.69) is 4.74 Å². The van der Waals surface area contributed by atoms with Crippen LogP contribution in [0.2, 0.25) is 0 Å². The Morgan fingerprint density at radius 1 is 0.769 bits per heavy atom. The maximum Gasteiger partial charge on any atom is 0.573 e. The number of rotatable bonds is 17.